The Balaban J connectivity index is 4.17. The number of nitrogens with two attached hydrogens (primary N) is 1. The summed E-state index contributed by atoms with van der Waals surface area (Å²) in [6.45, 7) is 5.65. The molecule has 0 aliphatic carbocycles. The predicted octanol–water partition coefficient (Wildman–Crippen LogP) is 1.90. The van der Waals surface area contributed by atoms with E-state index in [9.17, 15) is 4.79 Å². The molecule has 0 aliphatic rings. The number of hydrogen-bond acceptors (Lipinski definition) is 3. The van der Waals surface area contributed by atoms with E-state index in [1.165, 1.54) is 0 Å². The van der Waals surface area contributed by atoms with Crippen molar-refractivity contribution in [2.24, 2.45) is 11.7 Å². The summed E-state index contributed by atoms with van der Waals surface area (Å²) in [7, 11) is 0. The fourth-order valence-corrected chi connectivity index (χ4v) is 1.82. The van der Waals surface area contributed by atoms with Crippen LogP contribution in [0.5, 0.6) is 0 Å². The summed E-state index contributed by atoms with van der Waals surface area (Å²) in [5, 5.41) is 0. The number of carbonyl (C=O) groups is 1. The van der Waals surface area contributed by atoms with Gasteiger partial charge in [-0.15, -0.1) is 0 Å². The third-order valence-corrected chi connectivity index (χ3v) is 2.90. The zero-order valence-corrected chi connectivity index (χ0v) is 12.0. The average molecular weight is 262 g/mol. The molecule has 2 N–H and O–H groups in total. The van der Waals surface area contributed by atoms with Gasteiger partial charge in [-0.3, -0.25) is 4.79 Å². The van der Waals surface area contributed by atoms with Crippen molar-refractivity contribution in [3.05, 3.63) is 0 Å². The Kier molecular flexibility index (Phi) is 8.66. The van der Waals surface area contributed by atoms with Crippen molar-refractivity contribution >= 4 is 34.9 Å². The summed E-state index contributed by atoms with van der Waals surface area (Å²) in [6.07, 6.45) is 3.23. The van der Waals surface area contributed by atoms with E-state index in [1.807, 2.05) is 11.2 Å². The summed E-state index contributed by atoms with van der Waals surface area (Å²) < 4.78 is 0. The van der Waals surface area contributed by atoms with Crippen molar-refractivity contribution in [3.63, 3.8) is 0 Å². The monoisotopic (exact) mass is 262 g/mol. The molecule has 94 valence electrons. The minimum atomic E-state index is 0.208. The number of amides is 1. The summed E-state index contributed by atoms with van der Waals surface area (Å²) in [4.78, 5) is 14.2. The first-order valence-corrected chi connectivity index (χ1v) is 7.32. The van der Waals surface area contributed by atoms with Crippen LogP contribution in [0.4, 0.5) is 0 Å². The fraction of sp³-hybridized carbons (Fsp3) is 0.818. The van der Waals surface area contributed by atoms with E-state index in [0.717, 1.165) is 12.3 Å². The Bertz CT molecular complexity index is 232. The van der Waals surface area contributed by atoms with Crippen molar-refractivity contribution in [1.29, 1.82) is 0 Å². The van der Waals surface area contributed by atoms with Crippen molar-refractivity contribution in [2.75, 3.05) is 25.1 Å². The van der Waals surface area contributed by atoms with Crippen LogP contribution in [0.15, 0.2) is 0 Å². The van der Waals surface area contributed by atoms with Gasteiger partial charge < -0.3 is 10.6 Å². The molecule has 0 radical (unpaired) electrons. The zero-order chi connectivity index (χ0) is 12.6. The number of rotatable bonds is 8. The maximum atomic E-state index is 11.9. The van der Waals surface area contributed by atoms with E-state index < -0.39 is 0 Å². The number of thioether (sulfide) groups is 1. The summed E-state index contributed by atoms with van der Waals surface area (Å²) in [5.74, 6) is 1.56. The highest BCUT2D eigenvalue weighted by Crippen LogP contribution is 2.05. The highest BCUT2D eigenvalue weighted by atomic mass is 32.2. The van der Waals surface area contributed by atoms with Gasteiger partial charge in [-0.05, 0) is 12.2 Å². The quantitative estimate of drug-likeness (QED) is 0.679. The Morgan fingerprint density at radius 3 is 2.50 bits per heavy atom. The van der Waals surface area contributed by atoms with Gasteiger partial charge in [-0.1, -0.05) is 26.1 Å². The topological polar surface area (TPSA) is 46.3 Å². The predicted molar refractivity (Wildman–Crippen MR) is 75.8 cm³/mol. The smallest absolute Gasteiger partial charge is 0.223 e. The molecule has 0 heterocycles. The molecule has 0 aliphatic heterocycles. The van der Waals surface area contributed by atoms with Crippen molar-refractivity contribution in [3.8, 4) is 0 Å². The molecule has 0 aromatic rings. The molecule has 0 aromatic heterocycles. The first-order valence-electron chi connectivity index (χ1n) is 5.52. The van der Waals surface area contributed by atoms with Crippen molar-refractivity contribution < 1.29 is 4.79 Å². The Morgan fingerprint density at radius 1 is 1.44 bits per heavy atom. The molecule has 0 saturated heterocycles. The molecule has 1 amide bonds. The third-order valence-electron chi connectivity index (χ3n) is 2.09. The second-order valence-corrected chi connectivity index (χ2v) is 5.70. The normalized spacial score (nSPS) is 10.5. The molecule has 16 heavy (non-hydrogen) atoms. The summed E-state index contributed by atoms with van der Waals surface area (Å²) in [5.41, 5.74) is 5.46. The second kappa shape index (κ2) is 8.82. The van der Waals surface area contributed by atoms with E-state index in [2.05, 4.69) is 13.8 Å². The van der Waals surface area contributed by atoms with E-state index in [4.69, 9.17) is 18.0 Å². The van der Waals surface area contributed by atoms with Crippen molar-refractivity contribution in [1.82, 2.24) is 4.90 Å². The van der Waals surface area contributed by atoms with Gasteiger partial charge in [0.05, 0.1) is 4.99 Å². The molecule has 0 rings (SSSR count). The lowest BCUT2D eigenvalue weighted by atomic mass is 10.2. The van der Waals surface area contributed by atoms with Crippen LogP contribution < -0.4 is 5.73 Å². The summed E-state index contributed by atoms with van der Waals surface area (Å²) >= 11 is 6.53. The van der Waals surface area contributed by atoms with Gasteiger partial charge in [0.15, 0.2) is 0 Å². The maximum absolute atomic E-state index is 11.9. The lowest BCUT2D eigenvalue weighted by Gasteiger charge is -2.24. The standard InChI is InChI=1S/C11H22N2OS2/c1-9(2)8-13(6-4-10(12)15)11(14)5-7-16-3/h9H,4-8H2,1-3H3,(H2,12,15). The van der Waals surface area contributed by atoms with Crippen molar-refractivity contribution in [2.45, 2.75) is 26.7 Å². The molecular formula is C11H22N2OS2. The van der Waals surface area contributed by atoms with Gasteiger partial charge in [0.2, 0.25) is 5.91 Å². The Hall–Kier alpha value is -0.290. The van der Waals surface area contributed by atoms with Gasteiger partial charge in [-0.2, -0.15) is 11.8 Å². The minimum absolute atomic E-state index is 0.208. The molecule has 0 saturated carbocycles. The van der Waals surface area contributed by atoms with E-state index >= 15 is 0 Å². The van der Waals surface area contributed by atoms with E-state index in [-0.39, 0.29) is 5.91 Å². The molecule has 3 nitrogen and oxygen atoms in total. The van der Waals surface area contributed by atoms with E-state index in [0.29, 0.717) is 30.3 Å². The first-order chi connectivity index (χ1) is 7.47. The Labute approximate surface area is 108 Å². The van der Waals surface area contributed by atoms with Crippen LogP contribution in [0.25, 0.3) is 0 Å². The molecule has 0 spiro atoms. The number of hydrogen-bond donors (Lipinski definition) is 1. The van der Waals surface area contributed by atoms with Gasteiger partial charge in [-0.25, -0.2) is 0 Å². The van der Waals surface area contributed by atoms with Crippen LogP contribution in [-0.4, -0.2) is 40.9 Å². The van der Waals surface area contributed by atoms with Crippen LogP contribution in [-0.2, 0) is 4.79 Å². The molecule has 5 heteroatoms. The lowest BCUT2D eigenvalue weighted by molar-refractivity contribution is -0.131. The molecule has 0 fully saturated rings. The van der Waals surface area contributed by atoms with Crippen LogP contribution in [0.3, 0.4) is 0 Å². The second-order valence-electron chi connectivity index (χ2n) is 4.19. The number of carbonyl (C=O) groups excluding carboxylic acids is 1. The molecule has 0 unspecified atom stereocenters. The Morgan fingerprint density at radius 2 is 2.06 bits per heavy atom. The van der Waals surface area contributed by atoms with Crippen LogP contribution in [0, 0.1) is 5.92 Å². The van der Waals surface area contributed by atoms with Crippen LogP contribution in [0.1, 0.15) is 26.7 Å². The maximum Gasteiger partial charge on any atom is 0.223 e. The molecule has 0 atom stereocenters. The van der Waals surface area contributed by atoms with Crippen LogP contribution in [0.2, 0.25) is 0 Å². The van der Waals surface area contributed by atoms with Gasteiger partial charge >= 0.3 is 0 Å². The molecule has 0 aromatic carbocycles. The van der Waals surface area contributed by atoms with Gasteiger partial charge in [0, 0.05) is 31.7 Å². The van der Waals surface area contributed by atoms with Gasteiger partial charge in [0.1, 0.15) is 0 Å². The SMILES string of the molecule is CSCCC(=O)N(CCC(N)=S)CC(C)C. The van der Waals surface area contributed by atoms with Crippen LogP contribution >= 0.6 is 24.0 Å². The highest BCUT2D eigenvalue weighted by Gasteiger charge is 2.14. The largest absolute Gasteiger partial charge is 0.393 e. The summed E-state index contributed by atoms with van der Waals surface area (Å²) in [6, 6.07) is 0. The third kappa shape index (κ3) is 7.93. The fourth-order valence-electron chi connectivity index (χ4n) is 1.35. The number of nitrogens with zero attached hydrogens (tertiary/aromatic N) is 1. The lowest BCUT2D eigenvalue weighted by Crippen LogP contribution is -2.36. The molecule has 0 bridgehead atoms. The zero-order valence-electron chi connectivity index (χ0n) is 10.4. The van der Waals surface area contributed by atoms with Gasteiger partial charge in [0.25, 0.3) is 0 Å². The minimum Gasteiger partial charge on any atom is -0.393 e. The number of thiocarbonyl (C=S) groups is 1. The first kappa shape index (κ1) is 15.7. The van der Waals surface area contributed by atoms with E-state index in [1.54, 1.807) is 11.8 Å². The molecular weight excluding hydrogens is 240 g/mol. The average Bonchev–Trinajstić information content (AvgIpc) is 2.19. The highest BCUT2D eigenvalue weighted by molar-refractivity contribution is 7.98.